The number of rotatable bonds is 2. The van der Waals surface area contributed by atoms with Gasteiger partial charge in [0.1, 0.15) is 12.1 Å². The third-order valence-electron chi connectivity index (χ3n) is 2.07. The van der Waals surface area contributed by atoms with Crippen LogP contribution in [-0.2, 0) is 6.42 Å². The van der Waals surface area contributed by atoms with Gasteiger partial charge in [0.15, 0.2) is 0 Å². The summed E-state index contributed by atoms with van der Waals surface area (Å²) < 4.78 is 1.36. The Morgan fingerprint density at radius 2 is 2.53 bits per heavy atom. The van der Waals surface area contributed by atoms with Gasteiger partial charge in [-0.05, 0) is 6.42 Å². The molecule has 1 amide bonds. The number of nitrogens with one attached hydrogen (secondary N) is 2. The summed E-state index contributed by atoms with van der Waals surface area (Å²) in [7, 11) is 0. The van der Waals surface area contributed by atoms with Gasteiger partial charge in [-0.15, -0.1) is 0 Å². The summed E-state index contributed by atoms with van der Waals surface area (Å²) in [5.74, 6) is 0.635. The Morgan fingerprint density at radius 1 is 1.67 bits per heavy atom. The predicted molar refractivity (Wildman–Crippen MR) is 54.6 cm³/mol. The Balaban J connectivity index is 2.13. The first-order valence-electron chi connectivity index (χ1n) is 4.63. The van der Waals surface area contributed by atoms with Crippen molar-refractivity contribution in [3.63, 3.8) is 0 Å². The lowest BCUT2D eigenvalue weighted by molar-refractivity contribution is 0.253. The van der Waals surface area contributed by atoms with Gasteiger partial charge in [0, 0.05) is 18.0 Å². The Bertz CT molecular complexity index is 445. The van der Waals surface area contributed by atoms with E-state index in [2.05, 4.69) is 20.5 Å². The van der Waals surface area contributed by atoms with Crippen molar-refractivity contribution in [3.05, 3.63) is 30.5 Å². The van der Waals surface area contributed by atoms with Crippen LogP contribution in [0.5, 0.6) is 0 Å². The lowest BCUT2D eigenvalue weighted by atomic mass is 10.2. The number of hydrogen-bond donors (Lipinski definition) is 2. The first-order valence-corrected chi connectivity index (χ1v) is 4.63. The van der Waals surface area contributed by atoms with Gasteiger partial charge < -0.3 is 0 Å². The molecule has 6 heteroatoms. The van der Waals surface area contributed by atoms with Gasteiger partial charge in [-0.2, -0.15) is 5.10 Å². The average molecular weight is 205 g/mol. The van der Waals surface area contributed by atoms with Gasteiger partial charge in [-0.1, -0.05) is 6.92 Å². The van der Waals surface area contributed by atoms with Crippen molar-refractivity contribution in [3.8, 4) is 0 Å². The van der Waals surface area contributed by atoms with E-state index in [1.54, 1.807) is 18.6 Å². The molecule has 0 bridgehead atoms. The fraction of sp³-hybridized carbons (Fsp3) is 0.222. The van der Waals surface area contributed by atoms with Crippen molar-refractivity contribution >= 4 is 11.8 Å². The summed E-state index contributed by atoms with van der Waals surface area (Å²) in [4.78, 5) is 15.4. The molecule has 2 N–H and O–H groups in total. The summed E-state index contributed by atoms with van der Waals surface area (Å²) in [6.07, 6.45) is 7.08. The van der Waals surface area contributed by atoms with Crippen LogP contribution in [0.25, 0.3) is 0 Å². The minimum absolute atomic E-state index is 0.258. The van der Waals surface area contributed by atoms with E-state index in [1.165, 1.54) is 10.9 Å². The van der Waals surface area contributed by atoms with E-state index >= 15 is 0 Å². The van der Waals surface area contributed by atoms with Crippen molar-refractivity contribution < 1.29 is 4.79 Å². The standard InChI is InChI=1S/C9H11N5O/c1-2-7-5-11-13-8(7)12-9(15)14-4-3-10-6-14/h3-6H,2H2,1H3,(H2,11,12,13,15). The van der Waals surface area contributed by atoms with Crippen molar-refractivity contribution in [2.45, 2.75) is 13.3 Å². The van der Waals surface area contributed by atoms with E-state index in [4.69, 9.17) is 0 Å². The number of hydrogen-bond acceptors (Lipinski definition) is 3. The monoisotopic (exact) mass is 205 g/mol. The predicted octanol–water partition coefficient (Wildman–Crippen LogP) is 1.25. The molecule has 0 fully saturated rings. The molecule has 78 valence electrons. The van der Waals surface area contributed by atoms with Gasteiger partial charge in [0.05, 0.1) is 6.20 Å². The molecule has 2 aromatic heterocycles. The zero-order valence-electron chi connectivity index (χ0n) is 8.27. The molecule has 6 nitrogen and oxygen atoms in total. The number of H-pyrrole nitrogens is 1. The molecular weight excluding hydrogens is 194 g/mol. The molecule has 0 saturated carbocycles. The van der Waals surface area contributed by atoms with E-state index in [0.717, 1.165) is 12.0 Å². The molecule has 0 aliphatic rings. The largest absolute Gasteiger partial charge is 0.332 e. The number of anilines is 1. The molecule has 2 heterocycles. The third-order valence-corrected chi connectivity index (χ3v) is 2.07. The molecule has 0 spiro atoms. The number of aromatic amines is 1. The topological polar surface area (TPSA) is 75.6 Å². The first-order chi connectivity index (χ1) is 7.31. The lowest BCUT2D eigenvalue weighted by Gasteiger charge is -2.03. The van der Waals surface area contributed by atoms with Crippen molar-refractivity contribution in [2.24, 2.45) is 0 Å². The van der Waals surface area contributed by atoms with Crippen LogP contribution in [0.1, 0.15) is 12.5 Å². The summed E-state index contributed by atoms with van der Waals surface area (Å²) in [5.41, 5.74) is 0.975. The molecule has 0 unspecified atom stereocenters. The van der Waals surface area contributed by atoms with Gasteiger partial charge in [-0.25, -0.2) is 9.78 Å². The van der Waals surface area contributed by atoms with Gasteiger partial charge in [-0.3, -0.25) is 15.0 Å². The van der Waals surface area contributed by atoms with Crippen LogP contribution in [0.15, 0.2) is 24.9 Å². The zero-order valence-corrected chi connectivity index (χ0v) is 8.27. The molecule has 0 radical (unpaired) electrons. The van der Waals surface area contributed by atoms with Crippen LogP contribution in [0.3, 0.4) is 0 Å². The van der Waals surface area contributed by atoms with Crippen molar-refractivity contribution in [2.75, 3.05) is 5.32 Å². The average Bonchev–Trinajstić information content (AvgIpc) is 2.87. The van der Waals surface area contributed by atoms with Gasteiger partial charge in [0.2, 0.25) is 0 Å². The smallest absolute Gasteiger partial charge is 0.292 e. The maximum absolute atomic E-state index is 11.6. The Labute approximate surface area is 86.3 Å². The lowest BCUT2D eigenvalue weighted by Crippen LogP contribution is -2.18. The highest BCUT2D eigenvalue weighted by Gasteiger charge is 2.08. The van der Waals surface area contributed by atoms with Crippen LogP contribution in [0.4, 0.5) is 10.6 Å². The van der Waals surface area contributed by atoms with Crippen LogP contribution >= 0.6 is 0 Å². The summed E-state index contributed by atoms with van der Waals surface area (Å²) in [6, 6.07) is -0.258. The minimum Gasteiger partial charge on any atom is -0.292 e. The molecule has 0 saturated heterocycles. The number of aryl methyl sites for hydroxylation is 1. The number of imidazole rings is 1. The quantitative estimate of drug-likeness (QED) is 0.774. The molecule has 0 aromatic carbocycles. The Kier molecular flexibility index (Phi) is 2.49. The van der Waals surface area contributed by atoms with Crippen LogP contribution in [-0.4, -0.2) is 25.8 Å². The van der Waals surface area contributed by atoms with Gasteiger partial charge >= 0.3 is 6.03 Å². The van der Waals surface area contributed by atoms with E-state index in [0.29, 0.717) is 5.82 Å². The molecule has 0 aliphatic carbocycles. The van der Waals surface area contributed by atoms with E-state index in [1.807, 2.05) is 6.92 Å². The highest BCUT2D eigenvalue weighted by molar-refractivity contribution is 5.90. The number of aromatic nitrogens is 4. The minimum atomic E-state index is -0.258. The van der Waals surface area contributed by atoms with E-state index in [9.17, 15) is 4.79 Å². The number of nitrogens with zero attached hydrogens (tertiary/aromatic N) is 3. The first kappa shape index (κ1) is 9.45. The molecule has 2 aromatic rings. The van der Waals surface area contributed by atoms with E-state index < -0.39 is 0 Å². The molecule has 15 heavy (non-hydrogen) atoms. The number of carbonyl (C=O) groups is 1. The molecule has 0 atom stereocenters. The van der Waals surface area contributed by atoms with Gasteiger partial charge in [0.25, 0.3) is 0 Å². The Hall–Kier alpha value is -2.11. The third kappa shape index (κ3) is 1.88. The van der Waals surface area contributed by atoms with E-state index in [-0.39, 0.29) is 6.03 Å². The maximum atomic E-state index is 11.6. The van der Waals surface area contributed by atoms with Crippen LogP contribution in [0, 0.1) is 0 Å². The highest BCUT2D eigenvalue weighted by atomic mass is 16.2. The fourth-order valence-corrected chi connectivity index (χ4v) is 1.24. The highest BCUT2D eigenvalue weighted by Crippen LogP contribution is 2.11. The zero-order chi connectivity index (χ0) is 10.7. The van der Waals surface area contributed by atoms with Crippen molar-refractivity contribution in [1.29, 1.82) is 0 Å². The van der Waals surface area contributed by atoms with Crippen LogP contribution in [0.2, 0.25) is 0 Å². The molecule has 0 aliphatic heterocycles. The second-order valence-corrected chi connectivity index (χ2v) is 3.02. The van der Waals surface area contributed by atoms with Crippen molar-refractivity contribution in [1.82, 2.24) is 19.7 Å². The summed E-state index contributed by atoms with van der Waals surface area (Å²) >= 11 is 0. The number of carbonyl (C=O) groups excluding carboxylic acids is 1. The second-order valence-electron chi connectivity index (χ2n) is 3.02. The Morgan fingerprint density at radius 3 is 3.20 bits per heavy atom. The molecular formula is C9H11N5O. The summed E-state index contributed by atoms with van der Waals surface area (Å²) in [6.45, 7) is 2.00. The summed E-state index contributed by atoms with van der Waals surface area (Å²) in [5, 5.41) is 9.31. The number of amides is 1. The second kappa shape index (κ2) is 3.95. The maximum Gasteiger partial charge on any atom is 0.332 e. The van der Waals surface area contributed by atoms with Crippen LogP contribution < -0.4 is 5.32 Å². The SMILES string of the molecule is CCc1cn[nH]c1NC(=O)n1ccnc1. The molecule has 2 rings (SSSR count). The normalized spacial score (nSPS) is 10.2. The fourth-order valence-electron chi connectivity index (χ4n) is 1.24.